The Balaban J connectivity index is 1.72. The summed E-state index contributed by atoms with van der Waals surface area (Å²) < 4.78 is 18.7. The fraction of sp³-hybridized carbons (Fsp3) is 0.364. The van der Waals surface area contributed by atoms with E-state index in [-0.39, 0.29) is 24.1 Å². The molecule has 0 saturated heterocycles. The van der Waals surface area contributed by atoms with E-state index >= 15 is 0 Å². The van der Waals surface area contributed by atoms with E-state index in [1.807, 2.05) is 24.3 Å². The van der Waals surface area contributed by atoms with Gasteiger partial charge in [-0.15, -0.1) is 0 Å². The Morgan fingerprint density at radius 1 is 0.964 bits per heavy atom. The zero-order chi connectivity index (χ0) is 20.5. The fourth-order valence-electron chi connectivity index (χ4n) is 2.69. The molecule has 2 rings (SSSR count). The first kappa shape index (κ1) is 21.4. The van der Waals surface area contributed by atoms with Crippen molar-refractivity contribution in [2.24, 2.45) is 0 Å². The Kier molecular flexibility index (Phi) is 7.99. The second kappa shape index (κ2) is 10.4. The van der Waals surface area contributed by atoms with E-state index in [2.05, 4.69) is 24.5 Å². The highest BCUT2D eigenvalue weighted by atomic mass is 19.1. The number of ether oxygens (including phenoxy) is 1. The maximum atomic E-state index is 12.9. The van der Waals surface area contributed by atoms with E-state index < -0.39 is 6.10 Å². The number of carbonyl (C=O) groups is 2. The number of para-hydroxylation sites is 1. The van der Waals surface area contributed by atoms with E-state index in [1.54, 1.807) is 19.1 Å². The average molecular weight is 386 g/mol. The van der Waals surface area contributed by atoms with Crippen molar-refractivity contribution in [1.29, 1.82) is 0 Å². The lowest BCUT2D eigenvalue weighted by atomic mass is 10.0. The van der Waals surface area contributed by atoms with Gasteiger partial charge in [-0.05, 0) is 42.2 Å². The van der Waals surface area contributed by atoms with Gasteiger partial charge in [0.05, 0.1) is 6.42 Å². The number of carbonyl (C=O) groups excluding carboxylic acids is 2. The molecule has 2 aromatic rings. The molecule has 0 saturated carbocycles. The third-order valence-electron chi connectivity index (χ3n) is 4.24. The van der Waals surface area contributed by atoms with Crippen LogP contribution in [0.4, 0.5) is 4.39 Å². The zero-order valence-electron chi connectivity index (χ0n) is 16.5. The molecule has 2 aromatic carbocycles. The highest BCUT2D eigenvalue weighted by molar-refractivity contribution is 5.81. The number of rotatable bonds is 9. The summed E-state index contributed by atoms with van der Waals surface area (Å²) in [4.78, 5) is 24.1. The predicted molar refractivity (Wildman–Crippen MR) is 107 cm³/mol. The molecule has 0 spiro atoms. The number of benzene rings is 2. The minimum absolute atomic E-state index is 0.166. The van der Waals surface area contributed by atoms with Crippen LogP contribution in [0.25, 0.3) is 0 Å². The first-order valence-electron chi connectivity index (χ1n) is 9.41. The molecule has 0 aliphatic carbocycles. The summed E-state index contributed by atoms with van der Waals surface area (Å²) in [7, 11) is 0. The summed E-state index contributed by atoms with van der Waals surface area (Å²) in [6, 6.07) is 13.5. The summed E-state index contributed by atoms with van der Waals surface area (Å²) in [6.45, 7) is 6.44. The van der Waals surface area contributed by atoms with Crippen molar-refractivity contribution < 1.29 is 18.7 Å². The first-order chi connectivity index (χ1) is 13.4. The summed E-state index contributed by atoms with van der Waals surface area (Å²) in [5, 5.41) is 5.48. The van der Waals surface area contributed by atoms with Crippen molar-refractivity contribution in [1.82, 2.24) is 10.6 Å². The van der Waals surface area contributed by atoms with Gasteiger partial charge in [-0.3, -0.25) is 9.59 Å². The third kappa shape index (κ3) is 6.68. The molecule has 5 nitrogen and oxygen atoms in total. The van der Waals surface area contributed by atoms with E-state index in [4.69, 9.17) is 4.74 Å². The van der Waals surface area contributed by atoms with Gasteiger partial charge in [0.2, 0.25) is 5.91 Å². The van der Waals surface area contributed by atoms with E-state index in [1.165, 1.54) is 12.1 Å². The van der Waals surface area contributed by atoms with Crippen molar-refractivity contribution in [2.45, 2.75) is 39.2 Å². The normalized spacial score (nSPS) is 11.8. The Morgan fingerprint density at radius 3 is 2.29 bits per heavy atom. The molecule has 0 aliphatic rings. The largest absolute Gasteiger partial charge is 0.481 e. The molecule has 6 heteroatoms. The molecule has 0 heterocycles. The average Bonchev–Trinajstić information content (AvgIpc) is 2.67. The highest BCUT2D eigenvalue weighted by Gasteiger charge is 2.16. The Bertz CT molecular complexity index is 791. The quantitative estimate of drug-likeness (QED) is 0.651. The molecule has 2 N–H and O–H groups in total. The van der Waals surface area contributed by atoms with Crippen molar-refractivity contribution in [3.8, 4) is 5.75 Å². The summed E-state index contributed by atoms with van der Waals surface area (Å²) in [5.41, 5.74) is 1.78. The minimum Gasteiger partial charge on any atom is -0.481 e. The number of amides is 2. The van der Waals surface area contributed by atoms with Crippen LogP contribution in [-0.2, 0) is 16.0 Å². The zero-order valence-corrected chi connectivity index (χ0v) is 16.5. The smallest absolute Gasteiger partial charge is 0.260 e. The van der Waals surface area contributed by atoms with E-state index in [0.717, 1.165) is 11.1 Å². The number of nitrogens with one attached hydrogen (secondary N) is 2. The Labute approximate surface area is 165 Å². The summed E-state index contributed by atoms with van der Waals surface area (Å²) in [5.74, 6) is 0.233. The lowest BCUT2D eigenvalue weighted by Crippen LogP contribution is -2.41. The van der Waals surface area contributed by atoms with Crippen LogP contribution in [0.5, 0.6) is 5.75 Å². The topological polar surface area (TPSA) is 67.4 Å². The monoisotopic (exact) mass is 386 g/mol. The Morgan fingerprint density at radius 2 is 1.61 bits per heavy atom. The second-order valence-corrected chi connectivity index (χ2v) is 6.90. The van der Waals surface area contributed by atoms with E-state index in [0.29, 0.717) is 24.8 Å². The van der Waals surface area contributed by atoms with Gasteiger partial charge in [-0.25, -0.2) is 4.39 Å². The van der Waals surface area contributed by atoms with Crippen LogP contribution in [-0.4, -0.2) is 31.0 Å². The predicted octanol–water partition coefficient (Wildman–Crippen LogP) is 3.19. The highest BCUT2D eigenvalue weighted by Crippen LogP contribution is 2.26. The van der Waals surface area contributed by atoms with Crippen molar-refractivity contribution in [2.75, 3.05) is 13.1 Å². The third-order valence-corrected chi connectivity index (χ3v) is 4.24. The molecule has 0 radical (unpaired) electrons. The fourth-order valence-corrected chi connectivity index (χ4v) is 2.69. The van der Waals surface area contributed by atoms with Gasteiger partial charge in [-0.1, -0.05) is 44.2 Å². The first-order valence-corrected chi connectivity index (χ1v) is 9.41. The van der Waals surface area contributed by atoms with Gasteiger partial charge >= 0.3 is 0 Å². The van der Waals surface area contributed by atoms with Crippen LogP contribution >= 0.6 is 0 Å². The number of halogens is 1. The van der Waals surface area contributed by atoms with Gasteiger partial charge in [-0.2, -0.15) is 0 Å². The second-order valence-electron chi connectivity index (χ2n) is 6.90. The molecule has 1 unspecified atom stereocenters. The molecular formula is C22H27FN2O3. The van der Waals surface area contributed by atoms with Crippen LogP contribution in [0.3, 0.4) is 0 Å². The van der Waals surface area contributed by atoms with Crippen LogP contribution in [0, 0.1) is 5.82 Å². The SMILES string of the molecule is CC(Oc1ccccc1C(C)C)C(=O)NCCNC(=O)Cc1ccc(F)cc1. The molecule has 28 heavy (non-hydrogen) atoms. The van der Waals surface area contributed by atoms with Gasteiger partial charge in [0.1, 0.15) is 11.6 Å². The molecule has 0 fully saturated rings. The maximum Gasteiger partial charge on any atom is 0.260 e. The lowest BCUT2D eigenvalue weighted by Gasteiger charge is -2.18. The molecular weight excluding hydrogens is 359 g/mol. The molecule has 2 amide bonds. The van der Waals surface area contributed by atoms with Crippen molar-refractivity contribution in [3.63, 3.8) is 0 Å². The van der Waals surface area contributed by atoms with Crippen LogP contribution in [0.1, 0.15) is 37.8 Å². The van der Waals surface area contributed by atoms with Gasteiger partial charge in [0.15, 0.2) is 6.10 Å². The molecule has 0 aromatic heterocycles. The van der Waals surface area contributed by atoms with Gasteiger partial charge in [0.25, 0.3) is 5.91 Å². The number of hydrogen-bond donors (Lipinski definition) is 2. The Hall–Kier alpha value is -2.89. The van der Waals surface area contributed by atoms with Crippen LogP contribution in [0.15, 0.2) is 48.5 Å². The van der Waals surface area contributed by atoms with Crippen molar-refractivity contribution >= 4 is 11.8 Å². The summed E-state index contributed by atoms with van der Waals surface area (Å²) in [6.07, 6.45) is -0.477. The van der Waals surface area contributed by atoms with E-state index in [9.17, 15) is 14.0 Å². The molecule has 1 atom stereocenters. The van der Waals surface area contributed by atoms with Crippen LogP contribution < -0.4 is 15.4 Å². The standard InChI is InChI=1S/C22H27FN2O3/c1-15(2)19-6-4-5-7-20(19)28-16(3)22(27)25-13-12-24-21(26)14-17-8-10-18(23)11-9-17/h4-11,15-16H,12-14H2,1-3H3,(H,24,26)(H,25,27). The minimum atomic E-state index is -0.644. The van der Waals surface area contributed by atoms with Crippen LogP contribution in [0.2, 0.25) is 0 Å². The van der Waals surface area contributed by atoms with Gasteiger partial charge in [0, 0.05) is 13.1 Å². The number of hydrogen-bond acceptors (Lipinski definition) is 3. The van der Waals surface area contributed by atoms with Gasteiger partial charge < -0.3 is 15.4 Å². The summed E-state index contributed by atoms with van der Waals surface area (Å²) >= 11 is 0. The molecule has 150 valence electrons. The lowest BCUT2D eigenvalue weighted by molar-refractivity contribution is -0.127. The molecule has 0 bridgehead atoms. The molecule has 0 aliphatic heterocycles. The van der Waals surface area contributed by atoms with Crippen molar-refractivity contribution in [3.05, 3.63) is 65.5 Å². The maximum absolute atomic E-state index is 12.9.